The van der Waals surface area contributed by atoms with Gasteiger partial charge < -0.3 is 15.8 Å². The second kappa shape index (κ2) is 5.11. The standard InChI is InChI=1S/C11H13N5O/c1-2-14-10-9(12)11(16-7-15-10)17-8-4-3-5-13-6-8/h3-7H,2,12H2,1H3,(H,14,15,16). The number of hydrogen-bond donors (Lipinski definition) is 2. The highest BCUT2D eigenvalue weighted by Gasteiger charge is 2.09. The fourth-order valence-corrected chi connectivity index (χ4v) is 1.29. The number of nitrogen functional groups attached to an aromatic ring is 1. The minimum Gasteiger partial charge on any atom is -0.435 e. The Labute approximate surface area is 98.9 Å². The zero-order valence-corrected chi connectivity index (χ0v) is 9.42. The highest BCUT2D eigenvalue weighted by atomic mass is 16.5. The highest BCUT2D eigenvalue weighted by molar-refractivity contribution is 5.66. The van der Waals surface area contributed by atoms with E-state index in [4.69, 9.17) is 10.5 Å². The van der Waals surface area contributed by atoms with Crippen LogP contribution >= 0.6 is 0 Å². The van der Waals surface area contributed by atoms with Crippen LogP contribution in [0.25, 0.3) is 0 Å². The maximum Gasteiger partial charge on any atom is 0.248 e. The predicted octanol–water partition coefficient (Wildman–Crippen LogP) is 1.68. The minimum absolute atomic E-state index is 0.323. The van der Waals surface area contributed by atoms with Crippen LogP contribution in [0.4, 0.5) is 11.5 Å². The Bertz CT molecular complexity index is 488. The van der Waals surface area contributed by atoms with Gasteiger partial charge in [0.1, 0.15) is 17.8 Å². The monoisotopic (exact) mass is 231 g/mol. The van der Waals surface area contributed by atoms with Crippen LogP contribution in [0, 0.1) is 0 Å². The Kier molecular flexibility index (Phi) is 3.34. The number of pyridine rings is 1. The first kappa shape index (κ1) is 11.1. The maximum absolute atomic E-state index is 5.88. The average molecular weight is 231 g/mol. The number of rotatable bonds is 4. The topological polar surface area (TPSA) is 86.0 Å². The summed E-state index contributed by atoms with van der Waals surface area (Å²) in [5.74, 6) is 1.48. The second-order valence-electron chi connectivity index (χ2n) is 3.26. The number of ether oxygens (including phenoxy) is 1. The Morgan fingerprint density at radius 3 is 3.00 bits per heavy atom. The summed E-state index contributed by atoms with van der Waals surface area (Å²) in [6, 6.07) is 3.55. The molecule has 3 N–H and O–H groups in total. The van der Waals surface area contributed by atoms with E-state index in [0.29, 0.717) is 23.1 Å². The number of nitrogens with one attached hydrogen (secondary N) is 1. The van der Waals surface area contributed by atoms with Gasteiger partial charge in [0.05, 0.1) is 6.20 Å². The predicted molar refractivity (Wildman–Crippen MR) is 64.9 cm³/mol. The van der Waals surface area contributed by atoms with E-state index in [2.05, 4.69) is 20.3 Å². The molecule has 0 atom stereocenters. The molecule has 0 aromatic carbocycles. The van der Waals surface area contributed by atoms with Gasteiger partial charge in [-0.1, -0.05) is 0 Å². The number of aromatic nitrogens is 3. The van der Waals surface area contributed by atoms with E-state index >= 15 is 0 Å². The van der Waals surface area contributed by atoms with Crippen LogP contribution in [-0.2, 0) is 0 Å². The Hall–Kier alpha value is -2.37. The molecule has 0 unspecified atom stereocenters. The average Bonchev–Trinajstić information content (AvgIpc) is 2.36. The summed E-state index contributed by atoms with van der Waals surface area (Å²) in [6.45, 7) is 2.69. The first-order valence-electron chi connectivity index (χ1n) is 5.23. The third-order valence-electron chi connectivity index (χ3n) is 2.04. The molecule has 0 aliphatic rings. The third-order valence-corrected chi connectivity index (χ3v) is 2.04. The van der Waals surface area contributed by atoms with Crippen LogP contribution in [0.3, 0.4) is 0 Å². The van der Waals surface area contributed by atoms with Gasteiger partial charge >= 0.3 is 0 Å². The lowest BCUT2D eigenvalue weighted by Gasteiger charge is -2.10. The van der Waals surface area contributed by atoms with Gasteiger partial charge in [-0.2, -0.15) is 4.98 Å². The number of nitrogens with two attached hydrogens (primary N) is 1. The van der Waals surface area contributed by atoms with Gasteiger partial charge in [-0.05, 0) is 19.1 Å². The van der Waals surface area contributed by atoms with Crippen molar-refractivity contribution in [1.82, 2.24) is 15.0 Å². The van der Waals surface area contributed by atoms with Crippen LogP contribution in [0.2, 0.25) is 0 Å². The maximum atomic E-state index is 5.88. The quantitative estimate of drug-likeness (QED) is 0.832. The second-order valence-corrected chi connectivity index (χ2v) is 3.26. The van der Waals surface area contributed by atoms with Crippen molar-refractivity contribution in [1.29, 1.82) is 0 Å². The van der Waals surface area contributed by atoms with Gasteiger partial charge in [0.15, 0.2) is 5.82 Å². The molecule has 0 fully saturated rings. The number of anilines is 2. The largest absolute Gasteiger partial charge is 0.435 e. The van der Waals surface area contributed by atoms with Gasteiger partial charge in [0.25, 0.3) is 0 Å². The lowest BCUT2D eigenvalue weighted by molar-refractivity contribution is 0.462. The third kappa shape index (κ3) is 2.60. The Morgan fingerprint density at radius 2 is 2.29 bits per heavy atom. The molecule has 2 aromatic heterocycles. The van der Waals surface area contributed by atoms with Crippen LogP contribution in [0.5, 0.6) is 11.6 Å². The molecular formula is C11H13N5O. The van der Waals surface area contributed by atoms with E-state index < -0.39 is 0 Å². The molecule has 2 heterocycles. The molecule has 17 heavy (non-hydrogen) atoms. The molecule has 0 radical (unpaired) electrons. The van der Waals surface area contributed by atoms with E-state index in [-0.39, 0.29) is 0 Å². The van der Waals surface area contributed by atoms with Gasteiger partial charge in [-0.3, -0.25) is 4.98 Å². The summed E-state index contributed by atoms with van der Waals surface area (Å²) in [7, 11) is 0. The van der Waals surface area contributed by atoms with Crippen LogP contribution in [0.1, 0.15) is 6.92 Å². The van der Waals surface area contributed by atoms with E-state index in [0.717, 1.165) is 6.54 Å². The molecule has 88 valence electrons. The van der Waals surface area contributed by atoms with Crippen molar-refractivity contribution in [3.05, 3.63) is 30.9 Å². The van der Waals surface area contributed by atoms with Crippen molar-refractivity contribution in [3.8, 4) is 11.6 Å². The van der Waals surface area contributed by atoms with Crippen molar-refractivity contribution in [3.63, 3.8) is 0 Å². The lowest BCUT2D eigenvalue weighted by Crippen LogP contribution is -2.05. The van der Waals surface area contributed by atoms with E-state index in [9.17, 15) is 0 Å². The first-order valence-corrected chi connectivity index (χ1v) is 5.23. The molecule has 0 bridgehead atoms. The Balaban J connectivity index is 2.24. The van der Waals surface area contributed by atoms with Crippen molar-refractivity contribution in [2.75, 3.05) is 17.6 Å². The molecule has 0 saturated carbocycles. The number of hydrogen-bond acceptors (Lipinski definition) is 6. The fourth-order valence-electron chi connectivity index (χ4n) is 1.29. The fraction of sp³-hybridized carbons (Fsp3) is 0.182. The van der Waals surface area contributed by atoms with Crippen LogP contribution in [0.15, 0.2) is 30.9 Å². The van der Waals surface area contributed by atoms with Crippen LogP contribution < -0.4 is 15.8 Å². The van der Waals surface area contributed by atoms with Crippen molar-refractivity contribution in [2.45, 2.75) is 6.92 Å². The van der Waals surface area contributed by atoms with E-state index in [1.54, 1.807) is 24.5 Å². The normalized spacial score (nSPS) is 9.94. The summed E-state index contributed by atoms with van der Waals surface area (Å²) in [6.07, 6.45) is 4.66. The molecule has 0 amide bonds. The summed E-state index contributed by atoms with van der Waals surface area (Å²) < 4.78 is 5.52. The van der Waals surface area contributed by atoms with E-state index in [1.807, 2.05) is 6.92 Å². The summed E-state index contributed by atoms with van der Waals surface area (Å²) in [5.41, 5.74) is 6.27. The van der Waals surface area contributed by atoms with Crippen molar-refractivity contribution in [2.24, 2.45) is 0 Å². The Morgan fingerprint density at radius 1 is 1.41 bits per heavy atom. The highest BCUT2D eigenvalue weighted by Crippen LogP contribution is 2.28. The van der Waals surface area contributed by atoms with Crippen LogP contribution in [-0.4, -0.2) is 21.5 Å². The minimum atomic E-state index is 0.323. The van der Waals surface area contributed by atoms with Gasteiger partial charge in [-0.25, -0.2) is 4.98 Å². The molecule has 0 aliphatic carbocycles. The van der Waals surface area contributed by atoms with Gasteiger partial charge in [0, 0.05) is 12.7 Å². The molecule has 0 saturated heterocycles. The molecular weight excluding hydrogens is 218 g/mol. The van der Waals surface area contributed by atoms with E-state index in [1.165, 1.54) is 6.33 Å². The molecule has 0 spiro atoms. The SMILES string of the molecule is CCNc1ncnc(Oc2cccnc2)c1N. The smallest absolute Gasteiger partial charge is 0.248 e. The molecule has 6 heteroatoms. The zero-order chi connectivity index (χ0) is 12.1. The van der Waals surface area contributed by atoms with Crippen molar-refractivity contribution >= 4 is 11.5 Å². The molecule has 2 rings (SSSR count). The number of nitrogens with zero attached hydrogens (tertiary/aromatic N) is 3. The summed E-state index contributed by atoms with van der Waals surface area (Å²) >= 11 is 0. The van der Waals surface area contributed by atoms with Gasteiger partial charge in [-0.15, -0.1) is 0 Å². The molecule has 0 aliphatic heterocycles. The summed E-state index contributed by atoms with van der Waals surface area (Å²) in [5, 5.41) is 3.03. The molecule has 2 aromatic rings. The summed E-state index contributed by atoms with van der Waals surface area (Å²) in [4.78, 5) is 12.0. The zero-order valence-electron chi connectivity index (χ0n) is 9.42. The first-order chi connectivity index (χ1) is 8.31. The lowest BCUT2D eigenvalue weighted by atomic mass is 10.4. The van der Waals surface area contributed by atoms with Gasteiger partial charge in [0.2, 0.25) is 5.88 Å². The molecule has 6 nitrogen and oxygen atoms in total. The van der Waals surface area contributed by atoms with Crippen molar-refractivity contribution < 1.29 is 4.74 Å².